The highest BCUT2D eigenvalue weighted by Gasteiger charge is 2.34. The fourth-order valence-electron chi connectivity index (χ4n) is 4.19. The summed E-state index contributed by atoms with van der Waals surface area (Å²) in [6.07, 6.45) is 4.85. The van der Waals surface area contributed by atoms with E-state index in [1.54, 1.807) is 27.7 Å². The molecule has 0 aromatic heterocycles. The maximum atomic E-state index is 13.5. The van der Waals surface area contributed by atoms with E-state index in [9.17, 15) is 24.0 Å². The fourth-order valence-corrected chi connectivity index (χ4v) is 4.19. The molecule has 10 nitrogen and oxygen atoms in total. The molecule has 5 atom stereocenters. The van der Waals surface area contributed by atoms with E-state index in [-0.39, 0.29) is 30.6 Å². The third kappa shape index (κ3) is 10.2. The molecule has 4 N–H and O–H groups in total. The van der Waals surface area contributed by atoms with Gasteiger partial charge in [-0.3, -0.25) is 24.0 Å². The van der Waals surface area contributed by atoms with Gasteiger partial charge in [0.15, 0.2) is 0 Å². The molecule has 0 spiro atoms. The molecule has 39 heavy (non-hydrogen) atoms. The first kappa shape index (κ1) is 31.5. The normalized spacial score (nSPS) is 25.0. The van der Waals surface area contributed by atoms with Crippen molar-refractivity contribution in [3.8, 4) is 0 Å². The van der Waals surface area contributed by atoms with Crippen LogP contribution in [0.1, 0.15) is 59.4 Å². The van der Waals surface area contributed by atoms with Gasteiger partial charge in [-0.05, 0) is 38.2 Å². The van der Waals surface area contributed by atoms with Crippen LogP contribution in [-0.4, -0.2) is 60.4 Å². The summed E-state index contributed by atoms with van der Waals surface area (Å²) in [5.74, 6) is -3.02. The minimum absolute atomic E-state index is 0.228. The average Bonchev–Trinajstić information content (AvgIpc) is 2.89. The smallest absolute Gasteiger partial charge is 0.306 e. The van der Waals surface area contributed by atoms with Crippen molar-refractivity contribution in [2.45, 2.75) is 84.5 Å². The monoisotopic (exact) mass is 542 g/mol. The van der Waals surface area contributed by atoms with Crippen LogP contribution in [0.4, 0.5) is 0 Å². The van der Waals surface area contributed by atoms with Crippen LogP contribution in [0.3, 0.4) is 0 Å². The molecule has 0 saturated carbocycles. The standard InChI is InChI=1S/C29H42N4O6/c1-6-39-24(34)16-12-8-11-15-22-19(4)26(35)33-25(18(2)3)29(38)30-20(5)27(36)32-23(28(37)31-22)17-21-13-9-7-10-14-21/h7-11,13-14,18-20,22-23,25H,6,12,15-17H2,1-5H3,(H,30,38)(H,31,37)(H,32,36)(H,33,35)/b11-8-/t19-,20+,22?,23?,25+/m0/s1. The predicted octanol–water partition coefficient (Wildman–Crippen LogP) is 1.78. The Morgan fingerprint density at radius 2 is 1.59 bits per heavy atom. The molecule has 4 amide bonds. The maximum Gasteiger partial charge on any atom is 0.306 e. The minimum atomic E-state index is -0.925. The largest absolute Gasteiger partial charge is 0.466 e. The van der Waals surface area contributed by atoms with Crippen LogP contribution in [0.2, 0.25) is 0 Å². The third-order valence-corrected chi connectivity index (χ3v) is 6.64. The number of benzene rings is 1. The molecule has 0 aliphatic carbocycles. The lowest BCUT2D eigenvalue weighted by Crippen LogP contribution is -2.56. The zero-order valence-electron chi connectivity index (χ0n) is 23.5. The van der Waals surface area contributed by atoms with Crippen LogP contribution in [0.5, 0.6) is 0 Å². The fraction of sp³-hybridized carbons (Fsp3) is 0.552. The molecule has 1 heterocycles. The van der Waals surface area contributed by atoms with E-state index in [1.165, 1.54) is 6.92 Å². The number of hydrogen-bond acceptors (Lipinski definition) is 6. The van der Waals surface area contributed by atoms with E-state index >= 15 is 0 Å². The van der Waals surface area contributed by atoms with Crippen LogP contribution in [0.15, 0.2) is 42.5 Å². The molecule has 1 aromatic rings. The number of ether oxygens (including phenoxy) is 1. The number of amides is 4. The molecule has 2 unspecified atom stereocenters. The summed E-state index contributed by atoms with van der Waals surface area (Å²) < 4.78 is 4.94. The van der Waals surface area contributed by atoms with Gasteiger partial charge < -0.3 is 26.0 Å². The number of hydrogen-bond donors (Lipinski definition) is 4. The Morgan fingerprint density at radius 1 is 0.897 bits per heavy atom. The molecule has 1 aliphatic rings. The molecular weight excluding hydrogens is 500 g/mol. The zero-order valence-corrected chi connectivity index (χ0v) is 23.5. The SMILES string of the molecule is CCOC(=O)CC/C=C\CC1NC(=O)C(Cc2ccccc2)NC(=O)[C@@H](C)NC(=O)[C@@H](C(C)C)NC(=O)[C@H]1C. The van der Waals surface area contributed by atoms with Gasteiger partial charge in [0.05, 0.1) is 12.5 Å². The molecular formula is C29H42N4O6. The van der Waals surface area contributed by atoms with Crippen molar-refractivity contribution in [2.75, 3.05) is 6.61 Å². The lowest BCUT2D eigenvalue weighted by atomic mass is 9.94. The first-order valence-electron chi connectivity index (χ1n) is 13.6. The predicted molar refractivity (Wildman–Crippen MR) is 147 cm³/mol. The summed E-state index contributed by atoms with van der Waals surface area (Å²) in [5, 5.41) is 11.2. The van der Waals surface area contributed by atoms with Crippen molar-refractivity contribution in [2.24, 2.45) is 11.8 Å². The van der Waals surface area contributed by atoms with Gasteiger partial charge in [-0.15, -0.1) is 0 Å². The van der Waals surface area contributed by atoms with Crippen molar-refractivity contribution in [1.82, 2.24) is 21.3 Å². The van der Waals surface area contributed by atoms with Crippen molar-refractivity contribution < 1.29 is 28.7 Å². The van der Waals surface area contributed by atoms with Gasteiger partial charge in [0.1, 0.15) is 18.1 Å². The Kier molecular flexibility index (Phi) is 12.7. The highest BCUT2D eigenvalue weighted by atomic mass is 16.5. The Morgan fingerprint density at radius 3 is 2.23 bits per heavy atom. The second-order valence-electron chi connectivity index (χ2n) is 10.2. The Balaban J connectivity index is 2.33. The quantitative estimate of drug-likeness (QED) is 0.277. The highest BCUT2D eigenvalue weighted by Crippen LogP contribution is 2.14. The molecule has 1 saturated heterocycles. The Bertz CT molecular complexity index is 1030. The van der Waals surface area contributed by atoms with Crippen molar-refractivity contribution in [3.63, 3.8) is 0 Å². The van der Waals surface area contributed by atoms with Gasteiger partial charge in [0.25, 0.3) is 0 Å². The number of esters is 1. The second kappa shape index (κ2) is 15.7. The van der Waals surface area contributed by atoms with Gasteiger partial charge in [0, 0.05) is 18.9 Å². The second-order valence-corrected chi connectivity index (χ2v) is 10.2. The van der Waals surface area contributed by atoms with E-state index in [0.717, 1.165) is 5.56 Å². The van der Waals surface area contributed by atoms with Crippen molar-refractivity contribution in [3.05, 3.63) is 48.0 Å². The van der Waals surface area contributed by atoms with Crippen LogP contribution in [-0.2, 0) is 35.1 Å². The van der Waals surface area contributed by atoms with E-state index in [1.807, 2.05) is 42.5 Å². The van der Waals surface area contributed by atoms with E-state index in [0.29, 0.717) is 19.4 Å². The summed E-state index contributed by atoms with van der Waals surface area (Å²) in [7, 11) is 0. The third-order valence-electron chi connectivity index (χ3n) is 6.64. The van der Waals surface area contributed by atoms with E-state index in [4.69, 9.17) is 4.74 Å². The number of rotatable bonds is 9. The first-order chi connectivity index (χ1) is 18.5. The molecule has 1 aliphatic heterocycles. The van der Waals surface area contributed by atoms with E-state index in [2.05, 4.69) is 21.3 Å². The maximum absolute atomic E-state index is 13.5. The number of carbonyl (C=O) groups excluding carboxylic acids is 5. The molecule has 214 valence electrons. The average molecular weight is 543 g/mol. The van der Waals surface area contributed by atoms with Gasteiger partial charge in [-0.25, -0.2) is 0 Å². The van der Waals surface area contributed by atoms with Crippen LogP contribution in [0, 0.1) is 11.8 Å². The van der Waals surface area contributed by atoms with Crippen LogP contribution in [0.25, 0.3) is 0 Å². The minimum Gasteiger partial charge on any atom is -0.466 e. The van der Waals surface area contributed by atoms with Gasteiger partial charge >= 0.3 is 5.97 Å². The molecule has 10 heteroatoms. The molecule has 2 rings (SSSR count). The summed E-state index contributed by atoms with van der Waals surface area (Å²) in [6.45, 7) is 8.90. The summed E-state index contributed by atoms with van der Waals surface area (Å²) in [4.78, 5) is 64.3. The van der Waals surface area contributed by atoms with Gasteiger partial charge in [-0.2, -0.15) is 0 Å². The molecule has 1 fully saturated rings. The lowest BCUT2D eigenvalue weighted by Gasteiger charge is -2.28. The Labute approximate surface area is 230 Å². The van der Waals surface area contributed by atoms with Crippen molar-refractivity contribution >= 4 is 29.6 Å². The summed E-state index contributed by atoms with van der Waals surface area (Å²) in [5.41, 5.74) is 0.847. The first-order valence-corrected chi connectivity index (χ1v) is 13.6. The highest BCUT2D eigenvalue weighted by molar-refractivity contribution is 5.95. The number of carbonyl (C=O) groups is 5. The number of nitrogens with one attached hydrogen (secondary N) is 4. The lowest BCUT2D eigenvalue weighted by molar-refractivity contribution is -0.143. The summed E-state index contributed by atoms with van der Waals surface area (Å²) in [6, 6.07) is 5.95. The summed E-state index contributed by atoms with van der Waals surface area (Å²) >= 11 is 0. The van der Waals surface area contributed by atoms with Crippen LogP contribution < -0.4 is 21.3 Å². The Hall–Kier alpha value is -3.69. The molecule has 0 bridgehead atoms. The van der Waals surface area contributed by atoms with Gasteiger partial charge in [0.2, 0.25) is 23.6 Å². The zero-order chi connectivity index (χ0) is 28.9. The van der Waals surface area contributed by atoms with Gasteiger partial charge in [-0.1, -0.05) is 63.3 Å². The topological polar surface area (TPSA) is 143 Å². The molecule has 1 aromatic carbocycles. The number of allylic oxidation sites excluding steroid dienone is 1. The van der Waals surface area contributed by atoms with Crippen molar-refractivity contribution in [1.29, 1.82) is 0 Å². The molecule has 0 radical (unpaired) electrons. The van der Waals surface area contributed by atoms with Crippen LogP contribution >= 0.6 is 0 Å². The van der Waals surface area contributed by atoms with E-state index < -0.39 is 47.8 Å².